The molecule has 2 aliphatic rings. The summed E-state index contributed by atoms with van der Waals surface area (Å²) in [4.78, 5) is 20.6. The van der Waals surface area contributed by atoms with Crippen LogP contribution in [0.2, 0.25) is 0 Å². The topological polar surface area (TPSA) is 62.1 Å². The van der Waals surface area contributed by atoms with Gasteiger partial charge in [-0.25, -0.2) is 0 Å². The van der Waals surface area contributed by atoms with E-state index in [-0.39, 0.29) is 5.91 Å². The molecule has 0 aromatic carbocycles. The van der Waals surface area contributed by atoms with Crippen LogP contribution in [0.25, 0.3) is 0 Å². The van der Waals surface area contributed by atoms with Crippen molar-refractivity contribution < 1.29 is 14.1 Å². The van der Waals surface area contributed by atoms with Gasteiger partial charge in [-0.05, 0) is 78.0 Å². The molecule has 1 amide bonds. The van der Waals surface area contributed by atoms with E-state index in [0.29, 0.717) is 24.8 Å². The van der Waals surface area contributed by atoms with Crippen LogP contribution in [0.3, 0.4) is 0 Å². The molecule has 0 radical (unpaired) electrons. The predicted octanol–water partition coefficient (Wildman–Crippen LogP) is 2.90. The Bertz CT molecular complexity index is 665. The van der Waals surface area contributed by atoms with Gasteiger partial charge in [0, 0.05) is 44.8 Å². The maximum Gasteiger partial charge on any atom is 0.222 e. The third kappa shape index (κ3) is 6.77. The number of carbonyl (C=O) groups excluding carboxylic acids is 1. The lowest BCUT2D eigenvalue weighted by Gasteiger charge is -2.36. The Labute approximate surface area is 188 Å². The Balaban J connectivity index is 1.58. The average molecular weight is 435 g/mol. The monoisotopic (exact) mass is 434 g/mol. The first-order valence-corrected chi connectivity index (χ1v) is 12.2. The highest BCUT2D eigenvalue weighted by Crippen LogP contribution is 2.23. The SMILES string of the molecule is CCN1CCC[C@@H]1CN(CC1CCN(CCOC)CC1)C(=O)CCc1c(C)noc1C. The van der Waals surface area contributed by atoms with E-state index >= 15 is 0 Å². The molecule has 0 bridgehead atoms. The number of hydrogen-bond donors (Lipinski definition) is 0. The fraction of sp³-hybridized carbons (Fsp3) is 0.833. The standard InChI is InChI=1S/C24H42N4O3/c1-5-27-12-6-7-22(27)18-28(17-21-10-13-26(14-11-21)15-16-30-4)24(29)9-8-23-19(2)25-31-20(23)3/h21-22H,5-18H2,1-4H3/t22-/m1/s1. The summed E-state index contributed by atoms with van der Waals surface area (Å²) < 4.78 is 10.5. The van der Waals surface area contributed by atoms with Crippen molar-refractivity contribution in [2.45, 2.75) is 65.3 Å². The molecule has 1 aromatic rings. The van der Waals surface area contributed by atoms with E-state index in [0.717, 1.165) is 62.9 Å². The Hall–Kier alpha value is -1.44. The second kappa shape index (κ2) is 12.0. The van der Waals surface area contributed by atoms with Crippen LogP contribution in [-0.2, 0) is 16.0 Å². The van der Waals surface area contributed by atoms with Crippen LogP contribution >= 0.6 is 0 Å². The van der Waals surface area contributed by atoms with E-state index in [2.05, 4.69) is 26.8 Å². The number of rotatable bonds is 11. The summed E-state index contributed by atoms with van der Waals surface area (Å²) in [5.41, 5.74) is 2.00. The molecule has 0 aliphatic carbocycles. The van der Waals surface area contributed by atoms with Crippen LogP contribution in [0.1, 0.15) is 56.0 Å². The van der Waals surface area contributed by atoms with Gasteiger partial charge in [0.15, 0.2) is 0 Å². The molecule has 7 heteroatoms. The third-order valence-corrected chi connectivity index (χ3v) is 7.26. The van der Waals surface area contributed by atoms with Gasteiger partial charge < -0.3 is 19.1 Å². The number of ether oxygens (including phenoxy) is 1. The van der Waals surface area contributed by atoms with E-state index in [1.807, 2.05) is 13.8 Å². The van der Waals surface area contributed by atoms with Gasteiger partial charge in [-0.15, -0.1) is 0 Å². The minimum atomic E-state index is 0.282. The molecule has 2 fully saturated rings. The molecule has 0 N–H and O–H groups in total. The predicted molar refractivity (Wildman–Crippen MR) is 122 cm³/mol. The van der Waals surface area contributed by atoms with E-state index in [9.17, 15) is 4.79 Å². The number of aromatic nitrogens is 1. The van der Waals surface area contributed by atoms with Crippen molar-refractivity contribution in [2.75, 3.05) is 59.5 Å². The number of amides is 1. The van der Waals surface area contributed by atoms with Gasteiger partial charge in [0.05, 0.1) is 12.3 Å². The van der Waals surface area contributed by atoms with Crippen molar-refractivity contribution in [3.8, 4) is 0 Å². The smallest absolute Gasteiger partial charge is 0.222 e. The normalized spacial score (nSPS) is 21.1. The molecule has 1 atom stereocenters. The zero-order valence-electron chi connectivity index (χ0n) is 20.1. The number of piperidine rings is 1. The molecule has 0 unspecified atom stereocenters. The first kappa shape index (κ1) is 24.2. The number of carbonyl (C=O) groups is 1. The maximum absolute atomic E-state index is 13.4. The lowest BCUT2D eigenvalue weighted by Crippen LogP contribution is -2.46. The number of aryl methyl sites for hydroxylation is 2. The first-order chi connectivity index (χ1) is 15.0. The summed E-state index contributed by atoms with van der Waals surface area (Å²) in [6.45, 7) is 14.2. The highest BCUT2D eigenvalue weighted by molar-refractivity contribution is 5.76. The highest BCUT2D eigenvalue weighted by atomic mass is 16.5. The molecule has 3 rings (SSSR count). The number of hydrogen-bond acceptors (Lipinski definition) is 6. The molecule has 7 nitrogen and oxygen atoms in total. The molecular weight excluding hydrogens is 392 g/mol. The van der Waals surface area contributed by atoms with Gasteiger partial charge in [0.25, 0.3) is 0 Å². The zero-order chi connectivity index (χ0) is 22.2. The molecule has 1 aromatic heterocycles. The Morgan fingerprint density at radius 3 is 2.61 bits per heavy atom. The second-order valence-electron chi connectivity index (χ2n) is 9.30. The van der Waals surface area contributed by atoms with Gasteiger partial charge in [0.1, 0.15) is 5.76 Å². The van der Waals surface area contributed by atoms with Gasteiger partial charge in [-0.1, -0.05) is 12.1 Å². The third-order valence-electron chi connectivity index (χ3n) is 7.26. The molecule has 176 valence electrons. The Kier molecular flexibility index (Phi) is 9.35. The largest absolute Gasteiger partial charge is 0.383 e. The Morgan fingerprint density at radius 2 is 1.97 bits per heavy atom. The lowest BCUT2D eigenvalue weighted by atomic mass is 9.95. The lowest BCUT2D eigenvalue weighted by molar-refractivity contribution is -0.132. The fourth-order valence-corrected chi connectivity index (χ4v) is 5.22. The minimum Gasteiger partial charge on any atom is -0.383 e. The van der Waals surface area contributed by atoms with Gasteiger partial charge in [0.2, 0.25) is 5.91 Å². The van der Waals surface area contributed by atoms with Gasteiger partial charge >= 0.3 is 0 Å². The van der Waals surface area contributed by atoms with E-state index in [4.69, 9.17) is 9.26 Å². The molecular formula is C24H42N4O3. The quantitative estimate of drug-likeness (QED) is 0.534. The number of likely N-dealkylation sites (N-methyl/N-ethyl adjacent to an activating group) is 1. The molecule has 0 spiro atoms. The van der Waals surface area contributed by atoms with Crippen LogP contribution < -0.4 is 0 Å². The van der Waals surface area contributed by atoms with E-state index < -0.39 is 0 Å². The Morgan fingerprint density at radius 1 is 1.19 bits per heavy atom. The van der Waals surface area contributed by atoms with E-state index in [1.165, 1.54) is 32.2 Å². The average Bonchev–Trinajstić information content (AvgIpc) is 3.36. The highest BCUT2D eigenvalue weighted by Gasteiger charge is 2.29. The van der Waals surface area contributed by atoms with Crippen LogP contribution in [0.15, 0.2) is 4.52 Å². The summed E-state index contributed by atoms with van der Waals surface area (Å²) in [6, 6.07) is 0.509. The first-order valence-electron chi connectivity index (χ1n) is 12.2. The summed E-state index contributed by atoms with van der Waals surface area (Å²) in [6.07, 6.45) is 6.04. The van der Waals surface area contributed by atoms with Crippen LogP contribution in [0.4, 0.5) is 0 Å². The van der Waals surface area contributed by atoms with Crippen molar-refractivity contribution >= 4 is 5.91 Å². The van der Waals surface area contributed by atoms with Crippen molar-refractivity contribution in [1.82, 2.24) is 19.9 Å². The molecule has 31 heavy (non-hydrogen) atoms. The van der Waals surface area contributed by atoms with Crippen molar-refractivity contribution in [3.63, 3.8) is 0 Å². The van der Waals surface area contributed by atoms with Crippen LogP contribution in [0, 0.1) is 19.8 Å². The molecule has 2 aliphatic heterocycles. The second-order valence-corrected chi connectivity index (χ2v) is 9.30. The number of likely N-dealkylation sites (tertiary alicyclic amines) is 2. The minimum absolute atomic E-state index is 0.282. The molecule has 2 saturated heterocycles. The number of nitrogens with zero attached hydrogens (tertiary/aromatic N) is 4. The van der Waals surface area contributed by atoms with Gasteiger partial charge in [-0.2, -0.15) is 0 Å². The van der Waals surface area contributed by atoms with Crippen LogP contribution in [-0.4, -0.2) is 91.3 Å². The summed E-state index contributed by atoms with van der Waals surface area (Å²) >= 11 is 0. The summed E-state index contributed by atoms with van der Waals surface area (Å²) in [5.74, 6) is 1.72. The van der Waals surface area contributed by atoms with Crippen molar-refractivity contribution in [2.24, 2.45) is 5.92 Å². The summed E-state index contributed by atoms with van der Waals surface area (Å²) in [5, 5.41) is 4.04. The maximum atomic E-state index is 13.4. The van der Waals surface area contributed by atoms with Crippen molar-refractivity contribution in [1.29, 1.82) is 0 Å². The van der Waals surface area contributed by atoms with Crippen molar-refractivity contribution in [3.05, 3.63) is 17.0 Å². The fourth-order valence-electron chi connectivity index (χ4n) is 5.22. The zero-order valence-corrected chi connectivity index (χ0v) is 20.1. The summed E-state index contributed by atoms with van der Waals surface area (Å²) in [7, 11) is 1.77. The van der Waals surface area contributed by atoms with Crippen LogP contribution in [0.5, 0.6) is 0 Å². The van der Waals surface area contributed by atoms with E-state index in [1.54, 1.807) is 7.11 Å². The number of methoxy groups -OCH3 is 1. The van der Waals surface area contributed by atoms with Gasteiger partial charge in [-0.3, -0.25) is 9.69 Å². The molecule has 3 heterocycles. The molecule has 0 saturated carbocycles.